The number of halogens is 6. The third-order valence-electron chi connectivity index (χ3n) is 5.16. The highest BCUT2D eigenvalue weighted by atomic mass is 19.2. The van der Waals surface area contributed by atoms with Gasteiger partial charge in [-0.25, -0.2) is 26.3 Å². The summed E-state index contributed by atoms with van der Waals surface area (Å²) < 4.78 is 83.8. The summed E-state index contributed by atoms with van der Waals surface area (Å²) in [5.41, 5.74) is 1.04. The average molecular weight is 442 g/mol. The quantitative estimate of drug-likeness (QED) is 0.357. The fourth-order valence-electron chi connectivity index (χ4n) is 3.50. The Morgan fingerprint density at radius 1 is 0.688 bits per heavy atom. The van der Waals surface area contributed by atoms with Crippen LogP contribution < -0.4 is 0 Å². The second-order valence-corrected chi connectivity index (χ2v) is 7.33. The van der Waals surface area contributed by atoms with Gasteiger partial charge in [-0.2, -0.15) is 0 Å². The van der Waals surface area contributed by atoms with Crippen LogP contribution in [0.15, 0.2) is 90.0 Å². The van der Waals surface area contributed by atoms with E-state index in [1.807, 2.05) is 30.3 Å². The third-order valence-corrected chi connectivity index (χ3v) is 5.16. The molecule has 0 amide bonds. The van der Waals surface area contributed by atoms with Crippen molar-refractivity contribution in [1.29, 1.82) is 0 Å². The summed E-state index contributed by atoms with van der Waals surface area (Å²) in [6, 6.07) is 15.5. The topological polar surface area (TPSA) is 0 Å². The van der Waals surface area contributed by atoms with Crippen LogP contribution in [0, 0.1) is 17.5 Å². The molecule has 0 aromatic heterocycles. The lowest BCUT2D eigenvalue weighted by Crippen LogP contribution is -2.07. The zero-order chi connectivity index (χ0) is 22.8. The lowest BCUT2D eigenvalue weighted by atomic mass is 9.97. The van der Waals surface area contributed by atoms with Crippen LogP contribution >= 0.6 is 0 Å². The molecule has 1 atom stereocenters. The molecule has 1 unspecified atom stereocenters. The van der Waals surface area contributed by atoms with Crippen molar-refractivity contribution in [2.75, 3.05) is 0 Å². The molecular formula is C26H16F6. The molecular weight excluding hydrogens is 426 g/mol. The Kier molecular flexibility index (Phi) is 6.04. The van der Waals surface area contributed by atoms with Gasteiger partial charge in [-0.1, -0.05) is 48.5 Å². The number of allylic oxidation sites excluding steroid dienone is 5. The van der Waals surface area contributed by atoms with E-state index < -0.39 is 47.3 Å². The molecule has 6 heteroatoms. The minimum Gasteiger partial charge on any atom is -0.239 e. The Labute approximate surface area is 180 Å². The molecule has 0 N–H and O–H groups in total. The summed E-state index contributed by atoms with van der Waals surface area (Å²) in [7, 11) is 0. The summed E-state index contributed by atoms with van der Waals surface area (Å²) in [4.78, 5) is 0. The second kappa shape index (κ2) is 8.91. The highest BCUT2D eigenvalue weighted by Crippen LogP contribution is 2.32. The van der Waals surface area contributed by atoms with Crippen molar-refractivity contribution in [3.8, 4) is 22.3 Å². The molecule has 0 radical (unpaired) electrons. The molecule has 32 heavy (non-hydrogen) atoms. The number of benzene rings is 3. The Morgan fingerprint density at radius 2 is 1.34 bits per heavy atom. The largest absolute Gasteiger partial charge is 0.239 e. The molecule has 1 aliphatic rings. The maximum absolute atomic E-state index is 14.7. The van der Waals surface area contributed by atoms with Crippen molar-refractivity contribution >= 4 is 6.08 Å². The molecule has 0 heterocycles. The minimum absolute atomic E-state index is 0.00557. The summed E-state index contributed by atoms with van der Waals surface area (Å²) in [6.45, 7) is 0. The van der Waals surface area contributed by atoms with Crippen molar-refractivity contribution in [3.05, 3.63) is 113 Å². The van der Waals surface area contributed by atoms with E-state index in [0.717, 1.165) is 35.9 Å². The first-order valence-electron chi connectivity index (χ1n) is 9.76. The van der Waals surface area contributed by atoms with Crippen LogP contribution in [0.1, 0.15) is 12.0 Å². The maximum Gasteiger partial charge on any atom is 0.170 e. The van der Waals surface area contributed by atoms with Gasteiger partial charge >= 0.3 is 0 Å². The van der Waals surface area contributed by atoms with Gasteiger partial charge in [0.2, 0.25) is 0 Å². The molecule has 0 saturated heterocycles. The van der Waals surface area contributed by atoms with Gasteiger partial charge in [0.1, 0.15) is 17.5 Å². The Bertz CT molecular complexity index is 1230. The fraction of sp³-hybridized carbons (Fsp3) is 0.0769. The molecule has 0 aliphatic heterocycles. The van der Waals surface area contributed by atoms with Gasteiger partial charge in [-0.3, -0.25) is 0 Å². The zero-order valence-corrected chi connectivity index (χ0v) is 16.6. The number of alkyl halides is 1. The van der Waals surface area contributed by atoms with E-state index in [-0.39, 0.29) is 16.7 Å². The van der Waals surface area contributed by atoms with Gasteiger partial charge in [0.25, 0.3) is 0 Å². The van der Waals surface area contributed by atoms with Crippen LogP contribution in [0.4, 0.5) is 26.3 Å². The van der Waals surface area contributed by atoms with Crippen LogP contribution in [0.3, 0.4) is 0 Å². The molecule has 0 nitrogen and oxygen atoms in total. The van der Waals surface area contributed by atoms with Gasteiger partial charge in [0.05, 0.1) is 0 Å². The van der Waals surface area contributed by atoms with Gasteiger partial charge in [0, 0.05) is 17.5 Å². The van der Waals surface area contributed by atoms with E-state index in [0.29, 0.717) is 5.56 Å². The van der Waals surface area contributed by atoms with E-state index in [1.165, 1.54) is 12.1 Å². The standard InChI is InChI=1S/C26H16F6/c27-21-12-17(16-4-2-1-3-5-16)7-9-19(21)18-13-22(28)20(23(29)14-18)8-6-15-10-24(30)26(32)25(31)11-15/h1-10,12-14,25H,11H2/b8-6+. The highest BCUT2D eigenvalue weighted by Gasteiger charge is 2.23. The summed E-state index contributed by atoms with van der Waals surface area (Å²) >= 11 is 0. The first-order chi connectivity index (χ1) is 15.3. The van der Waals surface area contributed by atoms with Gasteiger partial charge < -0.3 is 0 Å². The van der Waals surface area contributed by atoms with E-state index in [9.17, 15) is 26.3 Å². The van der Waals surface area contributed by atoms with Crippen LogP contribution in [-0.2, 0) is 0 Å². The Hall–Kier alpha value is -3.54. The third kappa shape index (κ3) is 4.40. The SMILES string of the molecule is FC1=C(F)C(F)CC(/C=C/c2c(F)cc(-c3ccc(-c4ccccc4)cc3F)cc2F)=C1. The normalized spacial score (nSPS) is 16.6. The van der Waals surface area contributed by atoms with Crippen LogP contribution in [-0.4, -0.2) is 6.17 Å². The van der Waals surface area contributed by atoms with E-state index >= 15 is 0 Å². The monoisotopic (exact) mass is 442 g/mol. The van der Waals surface area contributed by atoms with Gasteiger partial charge in [0.15, 0.2) is 17.8 Å². The lowest BCUT2D eigenvalue weighted by molar-refractivity contribution is 0.307. The average Bonchev–Trinajstić information content (AvgIpc) is 2.77. The van der Waals surface area contributed by atoms with E-state index in [4.69, 9.17) is 0 Å². The van der Waals surface area contributed by atoms with Gasteiger partial charge in [-0.15, -0.1) is 0 Å². The van der Waals surface area contributed by atoms with E-state index in [2.05, 4.69) is 0 Å². The number of hydrogen-bond donors (Lipinski definition) is 0. The summed E-state index contributed by atoms with van der Waals surface area (Å²) in [6.07, 6.45) is 0.317. The smallest absolute Gasteiger partial charge is 0.170 e. The summed E-state index contributed by atoms with van der Waals surface area (Å²) in [5.74, 6) is -5.44. The predicted octanol–water partition coefficient (Wildman–Crippen LogP) is 8.27. The number of hydrogen-bond acceptors (Lipinski definition) is 0. The van der Waals surface area contributed by atoms with Crippen molar-refractivity contribution in [2.24, 2.45) is 0 Å². The molecule has 162 valence electrons. The molecule has 1 aliphatic carbocycles. The molecule has 0 bridgehead atoms. The van der Waals surface area contributed by atoms with Crippen LogP contribution in [0.25, 0.3) is 28.3 Å². The maximum atomic E-state index is 14.7. The summed E-state index contributed by atoms with van der Waals surface area (Å²) in [5, 5.41) is 0. The van der Waals surface area contributed by atoms with Gasteiger partial charge in [-0.05, 0) is 52.6 Å². The van der Waals surface area contributed by atoms with Crippen molar-refractivity contribution < 1.29 is 26.3 Å². The first kappa shape index (κ1) is 21.7. The van der Waals surface area contributed by atoms with Crippen molar-refractivity contribution in [3.63, 3.8) is 0 Å². The van der Waals surface area contributed by atoms with E-state index in [1.54, 1.807) is 6.07 Å². The minimum atomic E-state index is -2.14. The molecule has 0 saturated carbocycles. The fourth-order valence-corrected chi connectivity index (χ4v) is 3.50. The molecule has 0 spiro atoms. The number of rotatable bonds is 4. The zero-order valence-electron chi connectivity index (χ0n) is 16.6. The Balaban J connectivity index is 1.63. The highest BCUT2D eigenvalue weighted by molar-refractivity contribution is 5.72. The molecule has 3 aromatic carbocycles. The lowest BCUT2D eigenvalue weighted by Gasteiger charge is -2.13. The van der Waals surface area contributed by atoms with Crippen LogP contribution in [0.5, 0.6) is 0 Å². The first-order valence-corrected chi connectivity index (χ1v) is 9.76. The molecule has 3 aromatic rings. The predicted molar refractivity (Wildman–Crippen MR) is 113 cm³/mol. The molecule has 0 fully saturated rings. The van der Waals surface area contributed by atoms with Crippen LogP contribution in [0.2, 0.25) is 0 Å². The molecule has 4 rings (SSSR count). The van der Waals surface area contributed by atoms with Crippen molar-refractivity contribution in [2.45, 2.75) is 12.6 Å². The second-order valence-electron chi connectivity index (χ2n) is 7.33. The van der Waals surface area contributed by atoms with Crippen molar-refractivity contribution in [1.82, 2.24) is 0 Å². The Morgan fingerprint density at radius 3 is 1.97 bits per heavy atom.